The maximum atomic E-state index is 12.8. The lowest BCUT2D eigenvalue weighted by atomic mass is 10.2. The molecule has 1 fully saturated rings. The van der Waals surface area contributed by atoms with Crippen molar-refractivity contribution in [1.82, 2.24) is 14.8 Å². The number of rotatable bonds is 6. The predicted octanol–water partition coefficient (Wildman–Crippen LogP) is 4.42. The van der Waals surface area contributed by atoms with Gasteiger partial charge in [0.15, 0.2) is 5.16 Å². The van der Waals surface area contributed by atoms with E-state index in [1.165, 1.54) is 0 Å². The van der Waals surface area contributed by atoms with Gasteiger partial charge in [0, 0.05) is 18.5 Å². The molecule has 0 radical (unpaired) electrons. The van der Waals surface area contributed by atoms with Gasteiger partial charge in [-0.05, 0) is 36.7 Å². The van der Waals surface area contributed by atoms with Crippen LogP contribution in [0.15, 0.2) is 40.9 Å². The summed E-state index contributed by atoms with van der Waals surface area (Å²) in [5.74, 6) is 1.08. The molecular formula is C15H13F3N4O2S. The molecule has 10 heteroatoms. The highest BCUT2D eigenvalue weighted by Gasteiger charge is 2.34. The Balaban J connectivity index is 1.98. The summed E-state index contributed by atoms with van der Waals surface area (Å²) >= 11 is 0.927. The Bertz CT molecular complexity index is 831. The van der Waals surface area contributed by atoms with Crippen LogP contribution in [0.5, 0.6) is 0 Å². The van der Waals surface area contributed by atoms with Crippen molar-refractivity contribution in [2.24, 2.45) is 0 Å². The lowest BCUT2D eigenvalue weighted by Crippen LogP contribution is -2.06. The first-order valence-electron chi connectivity index (χ1n) is 7.38. The van der Waals surface area contributed by atoms with Crippen molar-refractivity contribution in [3.05, 3.63) is 52.4 Å². The maximum absolute atomic E-state index is 12.8. The lowest BCUT2D eigenvalue weighted by molar-refractivity contribution is -0.388. The fraction of sp³-hybridized carbons (Fsp3) is 0.333. The summed E-state index contributed by atoms with van der Waals surface area (Å²) in [6.45, 7) is 4.10. The van der Waals surface area contributed by atoms with E-state index in [-0.39, 0.29) is 4.90 Å². The SMILES string of the molecule is C=CCn1c(Sc2ccc(C(F)(F)F)cc2[N+](=O)[O-])nnc1C1CC1. The molecule has 1 aliphatic rings. The molecule has 0 saturated heterocycles. The van der Waals surface area contributed by atoms with Gasteiger partial charge in [0.05, 0.1) is 15.4 Å². The first-order chi connectivity index (χ1) is 11.8. The van der Waals surface area contributed by atoms with E-state index in [1.54, 1.807) is 10.6 Å². The minimum atomic E-state index is -4.64. The first kappa shape index (κ1) is 17.5. The molecule has 6 nitrogen and oxygen atoms in total. The molecule has 25 heavy (non-hydrogen) atoms. The van der Waals surface area contributed by atoms with Crippen LogP contribution in [0.3, 0.4) is 0 Å². The first-order valence-corrected chi connectivity index (χ1v) is 8.20. The third-order valence-corrected chi connectivity index (χ3v) is 4.73. The van der Waals surface area contributed by atoms with Crippen LogP contribution in [0.25, 0.3) is 0 Å². The van der Waals surface area contributed by atoms with Crippen molar-refractivity contribution in [3.8, 4) is 0 Å². The van der Waals surface area contributed by atoms with E-state index in [0.717, 1.165) is 42.6 Å². The highest BCUT2D eigenvalue weighted by molar-refractivity contribution is 7.99. The highest BCUT2D eigenvalue weighted by Crippen LogP contribution is 2.42. The van der Waals surface area contributed by atoms with Crippen LogP contribution in [0.1, 0.15) is 30.1 Å². The molecule has 3 rings (SSSR count). The van der Waals surface area contributed by atoms with Crippen molar-refractivity contribution in [2.75, 3.05) is 0 Å². The molecule has 1 saturated carbocycles. The quantitative estimate of drug-likeness (QED) is 0.427. The molecule has 0 bridgehead atoms. The Morgan fingerprint density at radius 2 is 2.12 bits per heavy atom. The molecular weight excluding hydrogens is 357 g/mol. The van der Waals surface area contributed by atoms with Crippen molar-refractivity contribution in [3.63, 3.8) is 0 Å². The summed E-state index contributed by atoms with van der Waals surface area (Å²) < 4.78 is 40.1. The van der Waals surface area contributed by atoms with Gasteiger partial charge < -0.3 is 4.57 Å². The van der Waals surface area contributed by atoms with E-state index in [2.05, 4.69) is 16.8 Å². The Labute approximate surface area is 144 Å². The van der Waals surface area contributed by atoms with Gasteiger partial charge in [0.2, 0.25) is 0 Å². The Morgan fingerprint density at radius 1 is 1.40 bits per heavy atom. The average molecular weight is 370 g/mol. The zero-order valence-electron chi connectivity index (χ0n) is 12.9. The molecule has 1 aromatic carbocycles. The van der Waals surface area contributed by atoms with E-state index in [4.69, 9.17) is 0 Å². The van der Waals surface area contributed by atoms with E-state index < -0.39 is 22.4 Å². The second-order valence-corrected chi connectivity index (χ2v) is 6.56. The van der Waals surface area contributed by atoms with Gasteiger partial charge in [-0.2, -0.15) is 13.2 Å². The lowest BCUT2D eigenvalue weighted by Gasteiger charge is -2.09. The van der Waals surface area contributed by atoms with Gasteiger partial charge in [0.25, 0.3) is 5.69 Å². The van der Waals surface area contributed by atoms with Crippen LogP contribution >= 0.6 is 11.8 Å². The smallest absolute Gasteiger partial charge is 0.302 e. The topological polar surface area (TPSA) is 73.8 Å². The molecule has 1 aliphatic carbocycles. The number of alkyl halides is 3. The summed E-state index contributed by atoms with van der Waals surface area (Å²) in [4.78, 5) is 10.4. The van der Waals surface area contributed by atoms with Crippen LogP contribution in [-0.2, 0) is 12.7 Å². The number of hydrogen-bond donors (Lipinski definition) is 0. The number of nitro benzene ring substituents is 1. The molecule has 0 N–H and O–H groups in total. The normalized spacial score (nSPS) is 14.5. The zero-order valence-corrected chi connectivity index (χ0v) is 13.7. The van der Waals surface area contributed by atoms with E-state index in [1.807, 2.05) is 0 Å². The van der Waals surface area contributed by atoms with Gasteiger partial charge >= 0.3 is 6.18 Å². The molecule has 0 amide bonds. The van der Waals surface area contributed by atoms with E-state index in [9.17, 15) is 23.3 Å². The Kier molecular flexibility index (Phi) is 4.55. The molecule has 0 atom stereocenters. The molecule has 0 spiro atoms. The minimum absolute atomic E-state index is 0.0815. The van der Waals surface area contributed by atoms with Crippen LogP contribution < -0.4 is 0 Å². The van der Waals surface area contributed by atoms with Crippen LogP contribution in [0, 0.1) is 10.1 Å². The summed E-state index contributed by atoms with van der Waals surface area (Å²) in [7, 11) is 0. The summed E-state index contributed by atoms with van der Waals surface area (Å²) in [5, 5.41) is 19.7. The third kappa shape index (κ3) is 3.68. The monoisotopic (exact) mass is 370 g/mol. The maximum Gasteiger partial charge on any atom is 0.416 e. The van der Waals surface area contributed by atoms with Crippen molar-refractivity contribution < 1.29 is 18.1 Å². The number of halogens is 3. The summed E-state index contributed by atoms with van der Waals surface area (Å²) in [5.41, 5.74) is -1.67. The second-order valence-electron chi connectivity index (χ2n) is 5.55. The average Bonchev–Trinajstić information content (AvgIpc) is 3.31. The number of allylic oxidation sites excluding steroid dienone is 1. The van der Waals surface area contributed by atoms with Crippen LogP contribution in [0.2, 0.25) is 0 Å². The van der Waals surface area contributed by atoms with E-state index in [0.29, 0.717) is 23.7 Å². The number of nitro groups is 1. The van der Waals surface area contributed by atoms with Gasteiger partial charge in [-0.15, -0.1) is 16.8 Å². The van der Waals surface area contributed by atoms with Gasteiger partial charge in [-0.25, -0.2) is 0 Å². The minimum Gasteiger partial charge on any atom is -0.302 e. The number of hydrogen-bond acceptors (Lipinski definition) is 5. The Hall–Kier alpha value is -2.36. The van der Waals surface area contributed by atoms with Gasteiger partial charge in [0.1, 0.15) is 5.82 Å². The largest absolute Gasteiger partial charge is 0.416 e. The molecule has 0 unspecified atom stereocenters. The fourth-order valence-corrected chi connectivity index (χ4v) is 3.27. The molecule has 1 heterocycles. The molecule has 132 valence electrons. The van der Waals surface area contributed by atoms with E-state index >= 15 is 0 Å². The Morgan fingerprint density at radius 3 is 2.68 bits per heavy atom. The van der Waals surface area contributed by atoms with Crippen LogP contribution in [0.4, 0.5) is 18.9 Å². The predicted molar refractivity (Wildman–Crippen MR) is 84.4 cm³/mol. The van der Waals surface area contributed by atoms with Crippen molar-refractivity contribution >= 4 is 17.4 Å². The molecule has 0 aliphatic heterocycles. The van der Waals surface area contributed by atoms with Crippen molar-refractivity contribution in [1.29, 1.82) is 0 Å². The van der Waals surface area contributed by atoms with Gasteiger partial charge in [-0.3, -0.25) is 10.1 Å². The summed E-state index contributed by atoms with van der Waals surface area (Å²) in [6, 6.07) is 2.46. The molecule has 1 aromatic heterocycles. The molecule has 2 aromatic rings. The van der Waals surface area contributed by atoms with Crippen LogP contribution in [-0.4, -0.2) is 19.7 Å². The van der Waals surface area contributed by atoms with Gasteiger partial charge in [-0.1, -0.05) is 6.08 Å². The summed E-state index contributed by atoms with van der Waals surface area (Å²) in [6.07, 6.45) is -0.989. The highest BCUT2D eigenvalue weighted by atomic mass is 32.2. The number of benzene rings is 1. The standard InChI is InChI=1S/C15H13F3N4O2S/c1-2-7-21-13(9-3-4-9)19-20-14(21)25-12-6-5-10(15(16,17)18)8-11(12)22(23)24/h2,5-6,8-9H,1,3-4,7H2. The van der Waals surface area contributed by atoms with Crippen molar-refractivity contribution in [2.45, 2.75) is 41.5 Å². The third-order valence-electron chi connectivity index (χ3n) is 3.68. The zero-order chi connectivity index (χ0) is 18.2. The number of nitrogens with zero attached hydrogens (tertiary/aromatic N) is 4. The second kappa shape index (κ2) is 6.51. The number of aromatic nitrogens is 3. The fourth-order valence-electron chi connectivity index (χ4n) is 2.34.